The van der Waals surface area contributed by atoms with E-state index in [-0.39, 0.29) is 17.1 Å². The normalized spacial score (nSPS) is 21.4. The quantitative estimate of drug-likeness (QED) is 0.848. The van der Waals surface area contributed by atoms with E-state index in [9.17, 15) is 9.90 Å². The minimum atomic E-state index is -0.241. The highest BCUT2D eigenvalue weighted by molar-refractivity contribution is 5.99. The zero-order valence-electron chi connectivity index (χ0n) is 12.2. The van der Waals surface area contributed by atoms with Crippen molar-refractivity contribution >= 4 is 11.6 Å². The van der Waals surface area contributed by atoms with Gasteiger partial charge in [-0.15, -0.1) is 0 Å². The zero-order chi connectivity index (χ0) is 14.2. The van der Waals surface area contributed by atoms with E-state index in [2.05, 4.69) is 6.92 Å². The molecule has 3 heteroatoms. The molecule has 0 atom stereocenters. The van der Waals surface area contributed by atoms with Crippen molar-refractivity contribution < 1.29 is 9.90 Å². The molecule has 0 radical (unpaired) electrons. The van der Waals surface area contributed by atoms with Gasteiger partial charge in [0.15, 0.2) is 0 Å². The van der Waals surface area contributed by atoms with Gasteiger partial charge in [-0.25, -0.2) is 0 Å². The molecule has 1 N–H and O–H groups in total. The van der Waals surface area contributed by atoms with Crippen LogP contribution in [0.5, 0.6) is 5.75 Å². The van der Waals surface area contributed by atoms with Crippen LogP contribution in [0.2, 0.25) is 0 Å². The minimum Gasteiger partial charge on any atom is -0.506 e. The maximum atomic E-state index is 13.0. The van der Waals surface area contributed by atoms with Crippen LogP contribution in [-0.4, -0.2) is 17.6 Å². The van der Waals surface area contributed by atoms with Gasteiger partial charge < -0.3 is 10.0 Å². The van der Waals surface area contributed by atoms with Gasteiger partial charge in [-0.3, -0.25) is 4.79 Å². The summed E-state index contributed by atoms with van der Waals surface area (Å²) in [7, 11) is 0. The monoisotopic (exact) mass is 273 g/mol. The maximum absolute atomic E-state index is 13.0. The molecular formula is C17H23NO2. The third kappa shape index (κ3) is 2.19. The number of para-hydroxylation sites is 1. The number of phenolic OH excluding ortho intramolecular Hbond substituents is 1. The molecule has 2 aliphatic rings. The van der Waals surface area contributed by atoms with Gasteiger partial charge in [0.1, 0.15) is 5.75 Å². The van der Waals surface area contributed by atoms with Crippen molar-refractivity contribution in [1.29, 1.82) is 0 Å². The summed E-state index contributed by atoms with van der Waals surface area (Å²) in [5.41, 5.74) is 1.62. The highest BCUT2D eigenvalue weighted by atomic mass is 16.3. The van der Waals surface area contributed by atoms with Gasteiger partial charge in [0.25, 0.3) is 0 Å². The van der Waals surface area contributed by atoms with E-state index in [1.54, 1.807) is 6.07 Å². The number of hydrogen-bond acceptors (Lipinski definition) is 2. The molecule has 3 rings (SSSR count). The number of fused-ring (bicyclic) bond motifs is 1. The van der Waals surface area contributed by atoms with Crippen LogP contribution in [0, 0.1) is 5.41 Å². The molecule has 1 amide bonds. The third-order valence-electron chi connectivity index (χ3n) is 4.91. The Balaban J connectivity index is 1.94. The highest BCUT2D eigenvalue weighted by Crippen LogP contribution is 2.42. The maximum Gasteiger partial charge on any atom is 0.233 e. The SMILES string of the molecule is CC1(C(=O)N2CCCc3cccc(O)c32)CCCCC1. The Hall–Kier alpha value is -1.51. The molecule has 0 unspecified atom stereocenters. The molecule has 1 aliphatic heterocycles. The van der Waals surface area contributed by atoms with E-state index >= 15 is 0 Å². The summed E-state index contributed by atoms with van der Waals surface area (Å²) < 4.78 is 0. The lowest BCUT2D eigenvalue weighted by Crippen LogP contribution is -2.45. The first-order valence-corrected chi connectivity index (χ1v) is 7.75. The Labute approximate surface area is 120 Å². The smallest absolute Gasteiger partial charge is 0.233 e. The average Bonchev–Trinajstić information content (AvgIpc) is 2.47. The van der Waals surface area contributed by atoms with Crippen LogP contribution >= 0.6 is 0 Å². The van der Waals surface area contributed by atoms with Crippen LogP contribution in [0.1, 0.15) is 51.0 Å². The van der Waals surface area contributed by atoms with Gasteiger partial charge in [-0.1, -0.05) is 38.3 Å². The molecule has 1 heterocycles. The number of benzene rings is 1. The van der Waals surface area contributed by atoms with Gasteiger partial charge in [0, 0.05) is 12.0 Å². The third-order valence-corrected chi connectivity index (χ3v) is 4.91. The highest BCUT2D eigenvalue weighted by Gasteiger charge is 2.39. The standard InChI is InChI=1S/C17H23NO2/c1-17(10-3-2-4-11-17)16(20)18-12-6-8-13-7-5-9-14(19)15(13)18/h5,7,9,19H,2-4,6,8,10-12H2,1H3. The molecule has 1 aromatic carbocycles. The van der Waals surface area contributed by atoms with Crippen molar-refractivity contribution in [3.05, 3.63) is 23.8 Å². The lowest BCUT2D eigenvalue weighted by molar-refractivity contribution is -0.129. The Morgan fingerprint density at radius 3 is 2.70 bits per heavy atom. The minimum absolute atomic E-state index is 0.208. The van der Waals surface area contributed by atoms with E-state index in [1.807, 2.05) is 17.0 Å². The molecule has 1 saturated carbocycles. The summed E-state index contributed by atoms with van der Waals surface area (Å²) in [6.45, 7) is 2.84. The number of aryl methyl sites for hydroxylation is 1. The Morgan fingerprint density at radius 2 is 1.95 bits per heavy atom. The fourth-order valence-corrected chi connectivity index (χ4v) is 3.71. The van der Waals surface area contributed by atoms with E-state index in [0.717, 1.165) is 56.3 Å². The molecule has 108 valence electrons. The molecule has 1 fully saturated rings. The van der Waals surface area contributed by atoms with Crippen LogP contribution in [0.15, 0.2) is 18.2 Å². The summed E-state index contributed by atoms with van der Waals surface area (Å²) in [6.07, 6.45) is 7.41. The van der Waals surface area contributed by atoms with E-state index in [4.69, 9.17) is 0 Å². The molecule has 0 saturated heterocycles. The van der Waals surface area contributed by atoms with E-state index in [1.165, 1.54) is 6.42 Å². The molecule has 0 bridgehead atoms. The first-order chi connectivity index (χ1) is 9.62. The van der Waals surface area contributed by atoms with E-state index < -0.39 is 0 Å². The molecule has 3 nitrogen and oxygen atoms in total. The number of carbonyl (C=O) groups excluding carboxylic acids is 1. The molecule has 0 spiro atoms. The number of carbonyl (C=O) groups is 1. The predicted octanol–water partition coefficient (Wildman–Crippen LogP) is 3.64. The predicted molar refractivity (Wildman–Crippen MR) is 80.0 cm³/mol. The van der Waals surface area contributed by atoms with Crippen LogP contribution < -0.4 is 4.90 Å². The Bertz CT molecular complexity index is 518. The largest absolute Gasteiger partial charge is 0.506 e. The van der Waals surface area contributed by atoms with Crippen LogP contribution in [0.25, 0.3) is 0 Å². The van der Waals surface area contributed by atoms with Gasteiger partial charge in [-0.2, -0.15) is 0 Å². The number of anilines is 1. The summed E-state index contributed by atoms with van der Waals surface area (Å²) in [4.78, 5) is 14.9. The second kappa shape index (κ2) is 5.12. The first kappa shape index (κ1) is 13.5. The topological polar surface area (TPSA) is 40.5 Å². The van der Waals surface area contributed by atoms with E-state index in [0.29, 0.717) is 0 Å². The number of phenols is 1. The first-order valence-electron chi connectivity index (χ1n) is 7.75. The zero-order valence-corrected chi connectivity index (χ0v) is 12.2. The second-order valence-corrected chi connectivity index (χ2v) is 6.47. The van der Waals surface area contributed by atoms with Crippen LogP contribution in [-0.2, 0) is 11.2 Å². The average molecular weight is 273 g/mol. The Kier molecular flexibility index (Phi) is 3.45. The number of amides is 1. The number of rotatable bonds is 1. The van der Waals surface area contributed by atoms with Crippen molar-refractivity contribution in [3.63, 3.8) is 0 Å². The molecule has 20 heavy (non-hydrogen) atoms. The van der Waals surface area contributed by atoms with Crippen LogP contribution in [0.3, 0.4) is 0 Å². The molecule has 1 aromatic rings. The molecule has 1 aliphatic carbocycles. The van der Waals surface area contributed by atoms with Crippen LogP contribution in [0.4, 0.5) is 5.69 Å². The van der Waals surface area contributed by atoms with Crippen molar-refractivity contribution in [3.8, 4) is 5.75 Å². The van der Waals surface area contributed by atoms with Crippen molar-refractivity contribution in [2.24, 2.45) is 5.41 Å². The van der Waals surface area contributed by atoms with Gasteiger partial charge >= 0.3 is 0 Å². The van der Waals surface area contributed by atoms with Gasteiger partial charge in [0.2, 0.25) is 5.91 Å². The summed E-state index contributed by atoms with van der Waals surface area (Å²) >= 11 is 0. The fourth-order valence-electron chi connectivity index (χ4n) is 3.71. The molecule has 0 aromatic heterocycles. The fraction of sp³-hybridized carbons (Fsp3) is 0.588. The summed E-state index contributed by atoms with van der Waals surface area (Å²) in [6, 6.07) is 5.58. The lowest BCUT2D eigenvalue weighted by atomic mass is 9.74. The lowest BCUT2D eigenvalue weighted by Gasteiger charge is -2.39. The Morgan fingerprint density at radius 1 is 1.20 bits per heavy atom. The number of aromatic hydroxyl groups is 1. The summed E-state index contributed by atoms with van der Waals surface area (Å²) in [5.74, 6) is 0.453. The van der Waals surface area contributed by atoms with Crippen molar-refractivity contribution in [1.82, 2.24) is 0 Å². The summed E-state index contributed by atoms with van der Waals surface area (Å²) in [5, 5.41) is 10.2. The molecular weight excluding hydrogens is 250 g/mol. The van der Waals surface area contributed by atoms with Crippen molar-refractivity contribution in [2.45, 2.75) is 51.9 Å². The number of nitrogens with zero attached hydrogens (tertiary/aromatic N) is 1. The van der Waals surface area contributed by atoms with Gasteiger partial charge in [-0.05, 0) is 37.3 Å². The number of hydrogen-bond donors (Lipinski definition) is 1. The van der Waals surface area contributed by atoms with Crippen molar-refractivity contribution in [2.75, 3.05) is 11.4 Å². The second-order valence-electron chi connectivity index (χ2n) is 6.47. The van der Waals surface area contributed by atoms with Gasteiger partial charge in [0.05, 0.1) is 5.69 Å².